The highest BCUT2D eigenvalue weighted by Crippen LogP contribution is 2.29. The molecule has 2 rings (SSSR count). The Bertz CT molecular complexity index is 358. The van der Waals surface area contributed by atoms with Crippen molar-refractivity contribution in [3.63, 3.8) is 0 Å². The molecule has 1 saturated heterocycles. The van der Waals surface area contributed by atoms with Gasteiger partial charge in [-0.2, -0.15) is 0 Å². The molecule has 0 aromatic heterocycles. The van der Waals surface area contributed by atoms with Crippen molar-refractivity contribution < 1.29 is 4.39 Å². The highest BCUT2D eigenvalue weighted by Gasteiger charge is 2.23. The molecule has 0 aliphatic carbocycles. The molecule has 2 nitrogen and oxygen atoms in total. The zero-order valence-electron chi connectivity index (χ0n) is 9.91. The number of nitrogen functional groups attached to an aromatic ring is 1. The predicted octanol–water partition coefficient (Wildman–Crippen LogP) is 3.03. The molecule has 3 heteroatoms. The maximum Gasteiger partial charge on any atom is 0.127 e. The third kappa shape index (κ3) is 2.29. The van der Waals surface area contributed by atoms with Crippen LogP contribution in [0.5, 0.6) is 0 Å². The van der Waals surface area contributed by atoms with Gasteiger partial charge in [-0.1, -0.05) is 6.92 Å². The summed E-state index contributed by atoms with van der Waals surface area (Å²) in [5, 5.41) is 0. The first-order valence-electron chi connectivity index (χ1n) is 5.89. The van der Waals surface area contributed by atoms with Crippen molar-refractivity contribution in [2.75, 3.05) is 17.2 Å². The van der Waals surface area contributed by atoms with Crippen LogP contribution in [-0.2, 0) is 0 Å². The van der Waals surface area contributed by atoms with Crippen molar-refractivity contribution in [2.45, 2.75) is 32.7 Å². The summed E-state index contributed by atoms with van der Waals surface area (Å²) in [4.78, 5) is 2.25. The molecule has 1 aliphatic rings. The fourth-order valence-corrected chi connectivity index (χ4v) is 2.55. The first-order chi connectivity index (χ1) is 7.56. The Labute approximate surface area is 96.2 Å². The van der Waals surface area contributed by atoms with E-state index in [2.05, 4.69) is 18.7 Å². The Hall–Kier alpha value is -1.25. The summed E-state index contributed by atoms with van der Waals surface area (Å²) in [6.07, 6.45) is 2.33. The maximum absolute atomic E-state index is 13.3. The van der Waals surface area contributed by atoms with E-state index < -0.39 is 0 Å². The van der Waals surface area contributed by atoms with Gasteiger partial charge >= 0.3 is 0 Å². The maximum atomic E-state index is 13.3. The van der Waals surface area contributed by atoms with Gasteiger partial charge in [0, 0.05) is 24.0 Å². The molecule has 0 saturated carbocycles. The molecule has 0 bridgehead atoms. The van der Waals surface area contributed by atoms with Gasteiger partial charge in [0.25, 0.3) is 0 Å². The second kappa shape index (κ2) is 4.32. The van der Waals surface area contributed by atoms with Crippen molar-refractivity contribution in [1.29, 1.82) is 0 Å². The molecule has 1 aromatic carbocycles. The predicted molar refractivity (Wildman–Crippen MR) is 66.0 cm³/mol. The van der Waals surface area contributed by atoms with Crippen LogP contribution in [0.1, 0.15) is 26.7 Å². The van der Waals surface area contributed by atoms with Gasteiger partial charge in [-0.3, -0.25) is 0 Å². The Balaban J connectivity index is 2.23. The fraction of sp³-hybridized carbons (Fsp3) is 0.538. The minimum absolute atomic E-state index is 0.249. The van der Waals surface area contributed by atoms with Gasteiger partial charge in [-0.15, -0.1) is 0 Å². The van der Waals surface area contributed by atoms with E-state index in [1.807, 2.05) is 6.07 Å². The van der Waals surface area contributed by atoms with Gasteiger partial charge in [0.1, 0.15) is 5.82 Å². The molecule has 1 fully saturated rings. The van der Waals surface area contributed by atoms with Crippen LogP contribution in [0.2, 0.25) is 0 Å². The van der Waals surface area contributed by atoms with Crippen LogP contribution < -0.4 is 10.6 Å². The number of piperidine rings is 1. The van der Waals surface area contributed by atoms with E-state index in [1.54, 1.807) is 6.07 Å². The molecule has 0 amide bonds. The van der Waals surface area contributed by atoms with E-state index in [0.717, 1.165) is 24.6 Å². The molecule has 1 aliphatic heterocycles. The van der Waals surface area contributed by atoms with Crippen LogP contribution in [0.3, 0.4) is 0 Å². The normalized spacial score (nSPS) is 25.8. The summed E-state index contributed by atoms with van der Waals surface area (Å²) >= 11 is 0. The van der Waals surface area contributed by atoms with Crippen molar-refractivity contribution in [1.82, 2.24) is 0 Å². The van der Waals surface area contributed by atoms with Crippen LogP contribution >= 0.6 is 0 Å². The summed E-state index contributed by atoms with van der Waals surface area (Å²) in [7, 11) is 0. The first kappa shape index (κ1) is 11.2. The number of nitrogens with zero attached hydrogens (tertiary/aromatic N) is 1. The van der Waals surface area contributed by atoms with E-state index in [1.165, 1.54) is 12.5 Å². The number of halogens is 1. The van der Waals surface area contributed by atoms with Gasteiger partial charge in [0.05, 0.1) is 0 Å². The molecule has 2 atom stereocenters. The molecular formula is C13H19FN2. The summed E-state index contributed by atoms with van der Waals surface area (Å²) < 4.78 is 13.3. The van der Waals surface area contributed by atoms with Crippen LogP contribution in [0.4, 0.5) is 15.8 Å². The van der Waals surface area contributed by atoms with Crippen LogP contribution in [0.25, 0.3) is 0 Å². The molecule has 1 aromatic rings. The highest BCUT2D eigenvalue weighted by atomic mass is 19.1. The van der Waals surface area contributed by atoms with Crippen LogP contribution in [0.15, 0.2) is 18.2 Å². The fourth-order valence-electron chi connectivity index (χ4n) is 2.55. The van der Waals surface area contributed by atoms with E-state index in [9.17, 15) is 4.39 Å². The Morgan fingerprint density at radius 2 is 2.06 bits per heavy atom. The molecule has 2 N–H and O–H groups in total. The lowest BCUT2D eigenvalue weighted by Crippen LogP contribution is -2.40. The number of benzene rings is 1. The second-order valence-corrected chi connectivity index (χ2v) is 4.91. The Kier molecular flexibility index (Phi) is 3.03. The average Bonchev–Trinajstić information content (AvgIpc) is 2.15. The number of rotatable bonds is 1. The van der Waals surface area contributed by atoms with Gasteiger partial charge in [0.15, 0.2) is 0 Å². The second-order valence-electron chi connectivity index (χ2n) is 4.91. The van der Waals surface area contributed by atoms with Gasteiger partial charge in [-0.25, -0.2) is 4.39 Å². The lowest BCUT2D eigenvalue weighted by molar-refractivity contribution is 0.377. The zero-order valence-corrected chi connectivity index (χ0v) is 9.91. The van der Waals surface area contributed by atoms with Gasteiger partial charge < -0.3 is 10.6 Å². The van der Waals surface area contributed by atoms with Crippen molar-refractivity contribution in [3.05, 3.63) is 24.0 Å². The lowest BCUT2D eigenvalue weighted by atomic mass is 9.93. The number of nitrogens with two attached hydrogens (primary N) is 1. The molecule has 88 valence electrons. The largest absolute Gasteiger partial charge is 0.399 e. The van der Waals surface area contributed by atoms with Crippen LogP contribution in [-0.4, -0.2) is 12.6 Å². The lowest BCUT2D eigenvalue weighted by Gasteiger charge is -2.38. The number of hydrogen-bond acceptors (Lipinski definition) is 2. The quantitative estimate of drug-likeness (QED) is 0.740. The van der Waals surface area contributed by atoms with E-state index >= 15 is 0 Å². The van der Waals surface area contributed by atoms with Crippen molar-refractivity contribution >= 4 is 11.4 Å². The summed E-state index contributed by atoms with van der Waals surface area (Å²) in [5.74, 6) is 0.512. The van der Waals surface area contributed by atoms with Gasteiger partial charge in [-0.05, 0) is 43.9 Å². The third-order valence-corrected chi connectivity index (χ3v) is 3.37. The highest BCUT2D eigenvalue weighted by molar-refractivity contribution is 5.57. The monoisotopic (exact) mass is 222 g/mol. The van der Waals surface area contributed by atoms with Crippen LogP contribution in [0, 0.1) is 11.7 Å². The smallest absolute Gasteiger partial charge is 0.127 e. The third-order valence-electron chi connectivity index (χ3n) is 3.37. The average molecular weight is 222 g/mol. The number of hydrogen-bond donors (Lipinski definition) is 1. The first-order valence-corrected chi connectivity index (χ1v) is 5.89. The molecule has 0 spiro atoms. The Morgan fingerprint density at radius 1 is 1.31 bits per heavy atom. The molecule has 1 heterocycles. The van der Waals surface area contributed by atoms with E-state index in [4.69, 9.17) is 5.73 Å². The van der Waals surface area contributed by atoms with E-state index in [0.29, 0.717) is 11.7 Å². The number of anilines is 2. The molecular weight excluding hydrogens is 203 g/mol. The van der Waals surface area contributed by atoms with Crippen molar-refractivity contribution in [2.24, 2.45) is 5.92 Å². The molecule has 16 heavy (non-hydrogen) atoms. The van der Waals surface area contributed by atoms with Gasteiger partial charge in [0.2, 0.25) is 0 Å². The zero-order chi connectivity index (χ0) is 11.7. The minimum Gasteiger partial charge on any atom is -0.399 e. The van der Waals surface area contributed by atoms with Crippen molar-refractivity contribution in [3.8, 4) is 0 Å². The summed E-state index contributed by atoms with van der Waals surface area (Å²) in [6, 6.07) is 5.25. The molecule has 2 unspecified atom stereocenters. The molecule has 0 radical (unpaired) electrons. The van der Waals surface area contributed by atoms with E-state index in [-0.39, 0.29) is 5.82 Å². The standard InChI is InChI=1S/C13H19FN2/c1-9-3-4-16(10(2)5-9)13-7-11(14)6-12(15)8-13/h6-10H,3-5,15H2,1-2H3. The SMILES string of the molecule is CC1CCN(c2cc(N)cc(F)c2)C(C)C1. The minimum atomic E-state index is -0.249. The summed E-state index contributed by atoms with van der Waals surface area (Å²) in [5.41, 5.74) is 7.09. The summed E-state index contributed by atoms with van der Waals surface area (Å²) in [6.45, 7) is 5.45. The topological polar surface area (TPSA) is 29.3 Å². The Morgan fingerprint density at radius 3 is 2.69 bits per heavy atom.